The zero-order valence-corrected chi connectivity index (χ0v) is 19.1. The minimum absolute atomic E-state index is 0.00555. The normalized spacial score (nSPS) is 26.7. The minimum Gasteiger partial charge on any atom is -0.475 e. The predicted octanol–water partition coefficient (Wildman–Crippen LogP) is 3.32. The largest absolute Gasteiger partial charge is 0.490 e. The van der Waals surface area contributed by atoms with Crippen molar-refractivity contribution in [3.8, 4) is 6.07 Å². The summed E-state index contributed by atoms with van der Waals surface area (Å²) in [6, 6.07) is 2.94. The van der Waals surface area contributed by atoms with Gasteiger partial charge in [0, 0.05) is 36.8 Å². The molecule has 3 fully saturated rings. The van der Waals surface area contributed by atoms with Crippen molar-refractivity contribution in [2.75, 3.05) is 6.54 Å². The van der Waals surface area contributed by atoms with Crippen molar-refractivity contribution < 1.29 is 41.0 Å². The molecule has 3 saturated heterocycles. The molecule has 4 rings (SSSR count). The summed E-state index contributed by atoms with van der Waals surface area (Å²) in [4.78, 5) is 25.5. The Morgan fingerprint density at radius 3 is 2.17 bits per heavy atom. The highest BCUT2D eigenvalue weighted by molar-refractivity contribution is 5.83. The van der Waals surface area contributed by atoms with Gasteiger partial charge in [0.05, 0.1) is 12.1 Å². The molecule has 3 N–H and O–H groups in total. The standard InChI is InChI=1S/C21H25F3N4O.C2HF3O2/c22-17-9-19(24)18(23)8-13(17)11-28-14-3-4-15(28)7-12(6-14)20(26)21(29)27-5-1-2-16(27)10-25;3-2(4,5)1(6)7/h8-9,12,14-16,20H,1-7,11,26H2;(H,6,7)/t12?,14?,15?,16-,20-;/m0./s1. The Morgan fingerprint density at radius 1 is 1.08 bits per heavy atom. The fourth-order valence-corrected chi connectivity index (χ4v) is 5.31. The summed E-state index contributed by atoms with van der Waals surface area (Å²) in [5, 5.41) is 16.4. The first kappa shape index (κ1) is 27.7. The van der Waals surface area contributed by atoms with E-state index in [1.54, 1.807) is 4.90 Å². The van der Waals surface area contributed by atoms with Crippen LogP contribution in [0.2, 0.25) is 0 Å². The number of amides is 1. The van der Waals surface area contributed by atoms with Gasteiger partial charge < -0.3 is 15.7 Å². The monoisotopic (exact) mass is 520 g/mol. The summed E-state index contributed by atoms with van der Waals surface area (Å²) in [7, 11) is 0. The number of likely N-dealkylation sites (tertiary alicyclic amines) is 1. The Hall–Kier alpha value is -2.85. The number of carbonyl (C=O) groups excluding carboxylic acids is 1. The number of carbonyl (C=O) groups is 2. The van der Waals surface area contributed by atoms with Crippen molar-refractivity contribution in [2.45, 2.75) is 75.4 Å². The highest BCUT2D eigenvalue weighted by Gasteiger charge is 2.45. The van der Waals surface area contributed by atoms with Gasteiger partial charge in [-0.15, -0.1) is 0 Å². The first-order valence-corrected chi connectivity index (χ1v) is 11.5. The van der Waals surface area contributed by atoms with Crippen LogP contribution in [0.5, 0.6) is 0 Å². The molecule has 1 aromatic carbocycles. The van der Waals surface area contributed by atoms with Gasteiger partial charge in [0.2, 0.25) is 5.91 Å². The van der Waals surface area contributed by atoms with Crippen LogP contribution < -0.4 is 5.73 Å². The van der Waals surface area contributed by atoms with E-state index in [1.165, 1.54) is 0 Å². The van der Waals surface area contributed by atoms with Crippen LogP contribution in [0.1, 0.15) is 44.1 Å². The molecule has 0 radical (unpaired) electrons. The number of rotatable bonds is 4. The lowest BCUT2D eigenvalue weighted by molar-refractivity contribution is -0.192. The summed E-state index contributed by atoms with van der Waals surface area (Å²) in [5.74, 6) is -5.88. The van der Waals surface area contributed by atoms with Crippen molar-refractivity contribution >= 4 is 11.9 Å². The number of nitrogens with two attached hydrogens (primary N) is 1. The molecule has 13 heteroatoms. The molecule has 2 unspecified atom stereocenters. The van der Waals surface area contributed by atoms with Gasteiger partial charge in [0.25, 0.3) is 0 Å². The van der Waals surface area contributed by atoms with E-state index in [9.17, 15) is 36.4 Å². The number of hydrogen-bond donors (Lipinski definition) is 2. The fraction of sp³-hybridized carbons (Fsp3) is 0.609. The highest BCUT2D eigenvalue weighted by Crippen LogP contribution is 2.41. The van der Waals surface area contributed by atoms with Gasteiger partial charge in [-0.25, -0.2) is 18.0 Å². The van der Waals surface area contributed by atoms with Crippen molar-refractivity contribution in [1.29, 1.82) is 5.26 Å². The van der Waals surface area contributed by atoms with Crippen LogP contribution in [0, 0.1) is 34.7 Å². The van der Waals surface area contributed by atoms with Gasteiger partial charge in [-0.2, -0.15) is 18.4 Å². The predicted molar refractivity (Wildman–Crippen MR) is 113 cm³/mol. The first-order valence-electron chi connectivity index (χ1n) is 11.5. The van der Waals surface area contributed by atoms with Crippen LogP contribution in [-0.2, 0) is 16.1 Å². The first-order chi connectivity index (χ1) is 16.8. The second-order valence-corrected chi connectivity index (χ2v) is 9.29. The maximum atomic E-state index is 14.1. The van der Waals surface area contributed by atoms with Crippen molar-refractivity contribution in [2.24, 2.45) is 11.7 Å². The second-order valence-electron chi connectivity index (χ2n) is 9.29. The summed E-state index contributed by atoms with van der Waals surface area (Å²) < 4.78 is 72.6. The van der Waals surface area contributed by atoms with Gasteiger partial charge >= 0.3 is 12.1 Å². The average Bonchev–Trinajstić information content (AvgIpc) is 3.37. The highest BCUT2D eigenvalue weighted by atomic mass is 19.4. The molecular formula is C23H26F6N4O3. The topological polar surface area (TPSA) is 111 Å². The quantitative estimate of drug-likeness (QED) is 0.466. The molecule has 36 heavy (non-hydrogen) atoms. The Labute approximate surface area is 203 Å². The minimum atomic E-state index is -5.08. The molecule has 1 amide bonds. The lowest BCUT2D eigenvalue weighted by Gasteiger charge is -2.41. The van der Waals surface area contributed by atoms with Crippen LogP contribution in [0.25, 0.3) is 0 Å². The van der Waals surface area contributed by atoms with E-state index in [0.717, 1.165) is 25.3 Å². The zero-order valence-electron chi connectivity index (χ0n) is 19.1. The molecule has 7 nitrogen and oxygen atoms in total. The Bertz CT molecular complexity index is 1020. The zero-order chi connectivity index (χ0) is 26.8. The lowest BCUT2D eigenvalue weighted by Crippen LogP contribution is -2.53. The average molecular weight is 520 g/mol. The Kier molecular flexibility index (Phi) is 8.51. The van der Waals surface area contributed by atoms with E-state index in [-0.39, 0.29) is 42.1 Å². The van der Waals surface area contributed by atoms with Crippen LogP contribution in [0.3, 0.4) is 0 Å². The number of hydrogen-bond acceptors (Lipinski definition) is 5. The second kappa shape index (κ2) is 11.0. The molecule has 3 aliphatic heterocycles. The molecule has 4 atom stereocenters. The van der Waals surface area contributed by atoms with Gasteiger partial charge in [0.1, 0.15) is 11.9 Å². The molecular weight excluding hydrogens is 494 g/mol. The number of carboxylic acid groups (broad SMARTS) is 1. The molecule has 3 aliphatic rings. The van der Waals surface area contributed by atoms with E-state index in [4.69, 9.17) is 15.6 Å². The summed E-state index contributed by atoms with van der Waals surface area (Å²) >= 11 is 0. The van der Waals surface area contributed by atoms with E-state index >= 15 is 0 Å². The number of piperidine rings is 1. The van der Waals surface area contributed by atoms with Crippen molar-refractivity contribution in [1.82, 2.24) is 9.80 Å². The third-order valence-corrected chi connectivity index (χ3v) is 7.08. The molecule has 3 heterocycles. The van der Waals surface area contributed by atoms with Gasteiger partial charge in [0.15, 0.2) is 11.6 Å². The summed E-state index contributed by atoms with van der Waals surface area (Å²) in [5.41, 5.74) is 6.48. The van der Waals surface area contributed by atoms with Crippen LogP contribution >= 0.6 is 0 Å². The van der Waals surface area contributed by atoms with E-state index in [0.29, 0.717) is 31.9 Å². The molecule has 0 saturated carbocycles. The van der Waals surface area contributed by atoms with Gasteiger partial charge in [-0.3, -0.25) is 9.69 Å². The van der Waals surface area contributed by atoms with Crippen molar-refractivity contribution in [3.05, 3.63) is 35.1 Å². The molecule has 0 aromatic heterocycles. The SMILES string of the molecule is N#C[C@@H]1CCCN1C(=O)[C@@H](N)C1CC2CCC(C1)N2Cc1cc(F)c(F)cc1F.O=C(O)C(F)(F)F. The van der Waals surface area contributed by atoms with Gasteiger partial charge in [-0.1, -0.05) is 0 Å². The third kappa shape index (κ3) is 6.10. The number of nitriles is 1. The Morgan fingerprint density at radius 2 is 1.64 bits per heavy atom. The smallest absolute Gasteiger partial charge is 0.475 e. The fourth-order valence-electron chi connectivity index (χ4n) is 5.31. The van der Waals surface area contributed by atoms with Crippen LogP contribution in [0.4, 0.5) is 26.3 Å². The van der Waals surface area contributed by atoms with E-state index in [2.05, 4.69) is 11.0 Å². The molecule has 2 bridgehead atoms. The number of alkyl halides is 3. The summed E-state index contributed by atoms with van der Waals surface area (Å²) in [6.07, 6.45) is -0.325. The molecule has 198 valence electrons. The number of halogens is 6. The van der Waals surface area contributed by atoms with E-state index < -0.39 is 35.6 Å². The number of fused-ring (bicyclic) bond motifs is 2. The van der Waals surface area contributed by atoms with Crippen molar-refractivity contribution in [3.63, 3.8) is 0 Å². The summed E-state index contributed by atoms with van der Waals surface area (Å²) in [6.45, 7) is 0.794. The molecule has 0 aliphatic carbocycles. The molecule has 1 aromatic rings. The maximum absolute atomic E-state index is 14.1. The van der Waals surface area contributed by atoms with Crippen LogP contribution in [-0.4, -0.2) is 63.7 Å². The number of carboxylic acids is 1. The van der Waals surface area contributed by atoms with Gasteiger partial charge in [-0.05, 0) is 50.5 Å². The maximum Gasteiger partial charge on any atom is 0.490 e. The lowest BCUT2D eigenvalue weighted by atomic mass is 9.84. The Balaban J connectivity index is 0.000000454. The van der Waals surface area contributed by atoms with Crippen LogP contribution in [0.15, 0.2) is 12.1 Å². The molecule has 0 spiro atoms. The number of nitrogens with zero attached hydrogens (tertiary/aromatic N) is 3. The number of aliphatic carboxylic acids is 1. The van der Waals surface area contributed by atoms with E-state index in [1.807, 2.05) is 0 Å². The third-order valence-electron chi connectivity index (χ3n) is 7.08. The number of benzene rings is 1.